The minimum absolute atomic E-state index is 0.0895. The summed E-state index contributed by atoms with van der Waals surface area (Å²) in [6.07, 6.45) is 10.2. The first kappa shape index (κ1) is 23.1. The van der Waals surface area contributed by atoms with Gasteiger partial charge in [-0.1, -0.05) is 23.9 Å². The molecule has 0 N–H and O–H groups in total. The predicted octanol–water partition coefficient (Wildman–Crippen LogP) is 4.32. The summed E-state index contributed by atoms with van der Waals surface area (Å²) in [5.41, 5.74) is 3.98. The van der Waals surface area contributed by atoms with Gasteiger partial charge in [0.25, 0.3) is 5.91 Å². The molecular formula is C26H31N5O2S. The molecule has 2 saturated heterocycles. The molecule has 1 aromatic carbocycles. The molecule has 2 atom stereocenters. The minimum Gasteiger partial charge on any atom is -0.377 e. The van der Waals surface area contributed by atoms with Crippen LogP contribution in [0.3, 0.4) is 0 Å². The first-order chi connectivity index (χ1) is 16.7. The molecule has 0 radical (unpaired) electrons. The summed E-state index contributed by atoms with van der Waals surface area (Å²) < 4.78 is 7.61. The number of ether oxygens (including phenoxy) is 1. The summed E-state index contributed by atoms with van der Waals surface area (Å²) in [5, 5.41) is 5.08. The predicted molar refractivity (Wildman–Crippen MR) is 132 cm³/mol. The highest BCUT2D eigenvalue weighted by molar-refractivity contribution is 7.99. The fraction of sp³-hybridized carbons (Fsp3) is 0.462. The molecule has 2 aliphatic rings. The van der Waals surface area contributed by atoms with Crippen LogP contribution in [0.25, 0.3) is 0 Å². The lowest BCUT2D eigenvalue weighted by Gasteiger charge is -2.33. The van der Waals surface area contributed by atoms with E-state index in [1.807, 2.05) is 52.3 Å². The van der Waals surface area contributed by atoms with Crippen LogP contribution in [0.1, 0.15) is 58.8 Å². The van der Waals surface area contributed by atoms with Gasteiger partial charge in [0, 0.05) is 55.5 Å². The molecule has 34 heavy (non-hydrogen) atoms. The second kappa shape index (κ2) is 10.7. The summed E-state index contributed by atoms with van der Waals surface area (Å²) in [6, 6.07) is 9.80. The van der Waals surface area contributed by atoms with E-state index >= 15 is 0 Å². The number of nitrogens with zero attached hydrogens (tertiary/aromatic N) is 5. The molecule has 5 rings (SSSR count). The molecule has 4 heterocycles. The molecule has 2 aliphatic heterocycles. The first-order valence-corrected chi connectivity index (χ1v) is 13.1. The number of rotatable bonds is 7. The van der Waals surface area contributed by atoms with Crippen molar-refractivity contribution in [2.45, 2.75) is 56.3 Å². The van der Waals surface area contributed by atoms with Crippen LogP contribution in [0.5, 0.6) is 0 Å². The summed E-state index contributed by atoms with van der Waals surface area (Å²) in [4.78, 5) is 24.8. The van der Waals surface area contributed by atoms with Gasteiger partial charge in [0.15, 0.2) is 5.16 Å². The summed E-state index contributed by atoms with van der Waals surface area (Å²) in [5.74, 6) is 1.22. The highest BCUT2D eigenvalue weighted by atomic mass is 32.2. The maximum absolute atomic E-state index is 13.4. The number of hydrogen-bond acceptors (Lipinski definition) is 6. The molecule has 2 fully saturated rings. The SMILES string of the molecule is Cc1cnc(SCC2CCCO2)nc1C1CCCN(C(=O)c2cccc(Cn3cccn3)c2)C1. The van der Waals surface area contributed by atoms with Gasteiger partial charge >= 0.3 is 0 Å². The second-order valence-electron chi connectivity index (χ2n) is 9.16. The zero-order valence-corrected chi connectivity index (χ0v) is 20.4. The van der Waals surface area contributed by atoms with Crippen molar-refractivity contribution in [2.24, 2.45) is 0 Å². The van der Waals surface area contributed by atoms with E-state index in [0.717, 1.165) is 72.1 Å². The smallest absolute Gasteiger partial charge is 0.253 e. The Hall–Kier alpha value is -2.71. The third-order valence-electron chi connectivity index (χ3n) is 6.58. The third kappa shape index (κ3) is 5.50. The van der Waals surface area contributed by atoms with Crippen molar-refractivity contribution in [3.63, 3.8) is 0 Å². The van der Waals surface area contributed by atoms with Gasteiger partial charge in [-0.2, -0.15) is 5.10 Å². The van der Waals surface area contributed by atoms with Gasteiger partial charge in [-0.15, -0.1) is 0 Å². The number of benzene rings is 1. The standard InChI is InChI=1S/C26H31N5O2S/c1-19-15-27-26(34-18-23-9-4-13-33-23)29-24(19)22-8-3-11-30(17-22)25(32)21-7-2-6-20(14-21)16-31-12-5-10-28-31/h2,5-7,10,12,14-15,22-23H,3-4,8-9,11,13,16-18H2,1H3. The Bertz CT molecular complexity index is 1110. The Labute approximate surface area is 204 Å². The van der Waals surface area contributed by atoms with Crippen molar-refractivity contribution in [2.75, 3.05) is 25.4 Å². The zero-order valence-electron chi connectivity index (χ0n) is 19.6. The Morgan fingerprint density at radius 2 is 2.18 bits per heavy atom. The van der Waals surface area contributed by atoms with Gasteiger partial charge in [-0.25, -0.2) is 9.97 Å². The molecule has 1 amide bonds. The number of thioether (sulfide) groups is 1. The molecular weight excluding hydrogens is 446 g/mol. The van der Waals surface area contributed by atoms with Crippen molar-refractivity contribution in [1.82, 2.24) is 24.6 Å². The van der Waals surface area contributed by atoms with Gasteiger partial charge < -0.3 is 9.64 Å². The summed E-state index contributed by atoms with van der Waals surface area (Å²) in [6.45, 7) is 5.06. The molecule has 3 aromatic rings. The quantitative estimate of drug-likeness (QED) is 0.373. The average molecular weight is 478 g/mol. The van der Waals surface area contributed by atoms with Crippen LogP contribution in [0.2, 0.25) is 0 Å². The average Bonchev–Trinajstić information content (AvgIpc) is 3.58. The van der Waals surface area contributed by atoms with Crippen molar-refractivity contribution in [1.29, 1.82) is 0 Å². The fourth-order valence-corrected chi connectivity index (χ4v) is 5.70. The van der Waals surface area contributed by atoms with Gasteiger partial charge in [0.1, 0.15) is 0 Å². The highest BCUT2D eigenvalue weighted by Gasteiger charge is 2.28. The van der Waals surface area contributed by atoms with E-state index < -0.39 is 0 Å². The lowest BCUT2D eigenvalue weighted by atomic mass is 9.92. The van der Waals surface area contributed by atoms with Gasteiger partial charge in [-0.3, -0.25) is 9.48 Å². The topological polar surface area (TPSA) is 73.1 Å². The lowest BCUT2D eigenvalue weighted by Crippen LogP contribution is -2.39. The van der Waals surface area contributed by atoms with E-state index in [9.17, 15) is 4.79 Å². The molecule has 0 aliphatic carbocycles. The number of carbonyl (C=O) groups excluding carboxylic acids is 1. The molecule has 0 spiro atoms. The normalized spacial score (nSPS) is 20.6. The number of carbonyl (C=O) groups is 1. The highest BCUT2D eigenvalue weighted by Crippen LogP contribution is 2.30. The Morgan fingerprint density at radius 1 is 1.24 bits per heavy atom. The van der Waals surface area contributed by atoms with Crippen LogP contribution in [0.15, 0.2) is 54.1 Å². The van der Waals surface area contributed by atoms with Crippen LogP contribution in [0.4, 0.5) is 0 Å². The number of amides is 1. The molecule has 2 aromatic heterocycles. The Kier molecular flexibility index (Phi) is 7.25. The summed E-state index contributed by atoms with van der Waals surface area (Å²) in [7, 11) is 0. The van der Waals surface area contributed by atoms with Crippen molar-refractivity contribution in [3.8, 4) is 0 Å². The van der Waals surface area contributed by atoms with Crippen LogP contribution in [-0.2, 0) is 11.3 Å². The number of aromatic nitrogens is 4. The van der Waals surface area contributed by atoms with Crippen LogP contribution < -0.4 is 0 Å². The molecule has 7 nitrogen and oxygen atoms in total. The number of likely N-dealkylation sites (tertiary alicyclic amines) is 1. The van der Waals surface area contributed by atoms with Crippen LogP contribution >= 0.6 is 11.8 Å². The van der Waals surface area contributed by atoms with E-state index in [1.165, 1.54) is 0 Å². The molecule has 8 heteroatoms. The van der Waals surface area contributed by atoms with Crippen molar-refractivity contribution in [3.05, 3.63) is 71.3 Å². The number of aryl methyl sites for hydroxylation is 1. The van der Waals surface area contributed by atoms with E-state index in [4.69, 9.17) is 9.72 Å². The van der Waals surface area contributed by atoms with E-state index in [1.54, 1.807) is 18.0 Å². The molecule has 2 unspecified atom stereocenters. The Balaban J connectivity index is 1.26. The van der Waals surface area contributed by atoms with Crippen LogP contribution in [0, 0.1) is 6.92 Å². The largest absolute Gasteiger partial charge is 0.377 e. The maximum atomic E-state index is 13.4. The number of hydrogen-bond donors (Lipinski definition) is 0. The van der Waals surface area contributed by atoms with E-state index in [2.05, 4.69) is 17.0 Å². The third-order valence-corrected chi connectivity index (χ3v) is 7.58. The van der Waals surface area contributed by atoms with Crippen molar-refractivity contribution < 1.29 is 9.53 Å². The van der Waals surface area contributed by atoms with E-state index in [0.29, 0.717) is 19.2 Å². The van der Waals surface area contributed by atoms with Gasteiger partial charge in [0.2, 0.25) is 0 Å². The zero-order chi connectivity index (χ0) is 23.3. The van der Waals surface area contributed by atoms with E-state index in [-0.39, 0.29) is 11.8 Å². The first-order valence-electron chi connectivity index (χ1n) is 12.1. The van der Waals surface area contributed by atoms with Gasteiger partial charge in [-0.05, 0) is 61.9 Å². The number of piperidine rings is 1. The second-order valence-corrected chi connectivity index (χ2v) is 10.1. The molecule has 0 bridgehead atoms. The fourth-order valence-electron chi connectivity index (χ4n) is 4.82. The molecule has 0 saturated carbocycles. The minimum atomic E-state index is 0.0895. The van der Waals surface area contributed by atoms with Gasteiger partial charge in [0.05, 0.1) is 18.3 Å². The molecule has 178 valence electrons. The van der Waals surface area contributed by atoms with Crippen LogP contribution in [-0.4, -0.2) is 62.1 Å². The lowest BCUT2D eigenvalue weighted by molar-refractivity contribution is 0.0705. The monoisotopic (exact) mass is 477 g/mol. The Morgan fingerprint density at radius 3 is 3.00 bits per heavy atom. The van der Waals surface area contributed by atoms with Crippen molar-refractivity contribution >= 4 is 17.7 Å². The summed E-state index contributed by atoms with van der Waals surface area (Å²) >= 11 is 1.68. The maximum Gasteiger partial charge on any atom is 0.253 e.